The van der Waals surface area contributed by atoms with E-state index >= 15 is 0 Å². The monoisotopic (exact) mass is 487 g/mol. The van der Waals surface area contributed by atoms with Crippen molar-refractivity contribution in [2.45, 2.75) is 44.2 Å². The number of aromatic nitrogens is 2. The number of nitrogens with two attached hydrogens (primary N) is 1. The molecular weight excluding hydrogens is 458 g/mol. The van der Waals surface area contributed by atoms with Gasteiger partial charge < -0.3 is 24.7 Å². The van der Waals surface area contributed by atoms with Crippen molar-refractivity contribution >= 4 is 27.8 Å². The van der Waals surface area contributed by atoms with Crippen molar-refractivity contribution in [3.63, 3.8) is 0 Å². The lowest BCUT2D eigenvalue weighted by Crippen LogP contribution is -2.35. The van der Waals surface area contributed by atoms with Crippen molar-refractivity contribution in [3.8, 4) is 23.0 Å². The summed E-state index contributed by atoms with van der Waals surface area (Å²) >= 11 is 0. The summed E-state index contributed by atoms with van der Waals surface area (Å²) in [7, 11) is 1.57. The molecule has 0 amide bonds. The third-order valence-electron chi connectivity index (χ3n) is 6.37. The lowest BCUT2D eigenvalue weighted by molar-refractivity contribution is -0.150. The number of fused-ring (bicyclic) bond motifs is 2. The predicted octanol–water partition coefficient (Wildman–Crippen LogP) is 5.17. The van der Waals surface area contributed by atoms with Crippen LogP contribution in [0.15, 0.2) is 60.9 Å². The first-order valence-corrected chi connectivity index (χ1v) is 12.2. The Hall–Kier alpha value is -3.91. The standard InChI is InChI=1S/C28H29N3O5/c1-33-26-16-21-24(17-27(26)34-14-11-22(29)28(32)36-19-6-2-3-7-19)31-13-10-25(21)35-20-9-8-18-5-4-12-30-23(18)15-20/h4-5,8-10,12-13,15-17,19,22H,2-3,6-7,11,14,29H2,1H3/t22-/m0/s1. The minimum atomic E-state index is -0.730. The van der Waals surface area contributed by atoms with Crippen LogP contribution in [0.3, 0.4) is 0 Å². The molecule has 4 aromatic rings. The van der Waals surface area contributed by atoms with Crippen molar-refractivity contribution in [1.82, 2.24) is 9.97 Å². The molecule has 1 atom stereocenters. The smallest absolute Gasteiger partial charge is 0.323 e. The van der Waals surface area contributed by atoms with E-state index in [1.807, 2.05) is 36.4 Å². The summed E-state index contributed by atoms with van der Waals surface area (Å²) in [5, 5.41) is 1.82. The highest BCUT2D eigenvalue weighted by Crippen LogP contribution is 2.37. The Morgan fingerprint density at radius 3 is 2.67 bits per heavy atom. The molecule has 0 saturated heterocycles. The fourth-order valence-corrected chi connectivity index (χ4v) is 4.40. The molecule has 1 aliphatic carbocycles. The number of ether oxygens (including phenoxy) is 4. The second kappa shape index (κ2) is 10.8. The molecule has 2 N–H and O–H groups in total. The molecule has 0 bridgehead atoms. The molecule has 2 aromatic carbocycles. The first kappa shape index (κ1) is 23.8. The second-order valence-corrected chi connectivity index (χ2v) is 8.88. The number of methoxy groups -OCH3 is 1. The summed E-state index contributed by atoms with van der Waals surface area (Å²) < 4.78 is 23.2. The average Bonchev–Trinajstić information content (AvgIpc) is 3.41. The predicted molar refractivity (Wildman–Crippen MR) is 137 cm³/mol. The van der Waals surface area contributed by atoms with Gasteiger partial charge in [-0.2, -0.15) is 0 Å². The van der Waals surface area contributed by atoms with Gasteiger partial charge in [-0.1, -0.05) is 6.07 Å². The Bertz CT molecular complexity index is 1370. The zero-order valence-corrected chi connectivity index (χ0v) is 20.2. The van der Waals surface area contributed by atoms with Gasteiger partial charge in [-0.05, 0) is 56.0 Å². The molecule has 0 aliphatic heterocycles. The highest BCUT2D eigenvalue weighted by Gasteiger charge is 2.23. The van der Waals surface area contributed by atoms with Gasteiger partial charge >= 0.3 is 5.97 Å². The summed E-state index contributed by atoms with van der Waals surface area (Å²) in [5.41, 5.74) is 7.57. The van der Waals surface area contributed by atoms with Crippen molar-refractivity contribution in [3.05, 3.63) is 60.9 Å². The minimum Gasteiger partial charge on any atom is -0.493 e. The summed E-state index contributed by atoms with van der Waals surface area (Å²) in [6.07, 6.45) is 7.79. The van der Waals surface area contributed by atoms with Crippen molar-refractivity contribution in [2.75, 3.05) is 13.7 Å². The summed E-state index contributed by atoms with van der Waals surface area (Å²) in [6.45, 7) is 0.239. The Morgan fingerprint density at radius 2 is 1.83 bits per heavy atom. The quantitative estimate of drug-likeness (QED) is 0.323. The van der Waals surface area contributed by atoms with Crippen LogP contribution in [0.25, 0.3) is 21.8 Å². The number of rotatable bonds is 9. The highest BCUT2D eigenvalue weighted by atomic mass is 16.5. The Morgan fingerprint density at radius 1 is 1.00 bits per heavy atom. The van der Waals surface area contributed by atoms with Crippen molar-refractivity contribution in [1.29, 1.82) is 0 Å². The topological polar surface area (TPSA) is 106 Å². The zero-order valence-electron chi connectivity index (χ0n) is 20.2. The van der Waals surface area contributed by atoms with Crippen LogP contribution >= 0.6 is 0 Å². The van der Waals surface area contributed by atoms with Crippen LogP contribution in [0.5, 0.6) is 23.0 Å². The molecule has 0 radical (unpaired) electrons. The normalized spacial score (nSPS) is 14.6. The van der Waals surface area contributed by atoms with Crippen LogP contribution in [0, 0.1) is 0 Å². The fourth-order valence-electron chi connectivity index (χ4n) is 4.40. The molecule has 8 heteroatoms. The molecule has 1 saturated carbocycles. The molecule has 2 aromatic heterocycles. The summed E-state index contributed by atoms with van der Waals surface area (Å²) in [5.74, 6) is 1.98. The van der Waals surface area contributed by atoms with Gasteiger partial charge in [0.2, 0.25) is 0 Å². The maximum Gasteiger partial charge on any atom is 0.323 e. The first-order valence-electron chi connectivity index (χ1n) is 12.2. The van der Waals surface area contributed by atoms with Crippen LogP contribution in [0.1, 0.15) is 32.1 Å². The molecule has 5 rings (SSSR count). The molecule has 8 nitrogen and oxygen atoms in total. The number of carbonyl (C=O) groups excluding carboxylic acids is 1. The number of nitrogens with zero attached hydrogens (tertiary/aromatic N) is 2. The van der Waals surface area contributed by atoms with Crippen LogP contribution in [-0.4, -0.2) is 41.8 Å². The van der Waals surface area contributed by atoms with E-state index in [1.165, 1.54) is 0 Å². The van der Waals surface area contributed by atoms with E-state index in [4.69, 9.17) is 24.7 Å². The van der Waals surface area contributed by atoms with E-state index in [1.54, 1.807) is 31.6 Å². The summed E-state index contributed by atoms with van der Waals surface area (Å²) in [6, 6.07) is 14.4. The summed E-state index contributed by atoms with van der Waals surface area (Å²) in [4.78, 5) is 21.1. The Balaban J connectivity index is 1.29. The largest absolute Gasteiger partial charge is 0.493 e. The fraction of sp³-hybridized carbons (Fsp3) is 0.321. The van der Waals surface area contributed by atoms with E-state index in [2.05, 4.69) is 9.97 Å². The van der Waals surface area contributed by atoms with Crippen LogP contribution in [0.4, 0.5) is 0 Å². The average molecular weight is 488 g/mol. The molecule has 1 aliphatic rings. The number of pyridine rings is 2. The van der Waals surface area contributed by atoms with Gasteiger partial charge in [0.15, 0.2) is 11.5 Å². The molecule has 2 heterocycles. The maximum absolute atomic E-state index is 12.2. The van der Waals surface area contributed by atoms with Gasteiger partial charge in [0.05, 0.1) is 24.8 Å². The van der Waals surface area contributed by atoms with Crippen LogP contribution < -0.4 is 19.9 Å². The first-order chi connectivity index (χ1) is 17.6. The number of carbonyl (C=O) groups is 1. The zero-order chi connectivity index (χ0) is 24.9. The number of esters is 1. The number of benzene rings is 2. The lowest BCUT2D eigenvalue weighted by Gasteiger charge is -2.17. The minimum absolute atomic E-state index is 0.00147. The molecular formula is C28H29N3O5. The third-order valence-corrected chi connectivity index (χ3v) is 6.37. The SMILES string of the molecule is COc1cc2c(Oc3ccc4cccnc4c3)ccnc2cc1OCC[C@H](N)C(=O)OC1CCCC1. The molecule has 186 valence electrons. The molecule has 1 fully saturated rings. The van der Waals surface area contributed by atoms with E-state index in [0.717, 1.165) is 42.0 Å². The van der Waals surface area contributed by atoms with Crippen molar-refractivity contribution in [2.24, 2.45) is 5.73 Å². The van der Waals surface area contributed by atoms with E-state index in [0.29, 0.717) is 34.9 Å². The van der Waals surface area contributed by atoms with E-state index < -0.39 is 6.04 Å². The van der Waals surface area contributed by atoms with Gasteiger partial charge in [0.25, 0.3) is 0 Å². The Kier molecular flexibility index (Phi) is 7.13. The van der Waals surface area contributed by atoms with Gasteiger partial charge in [-0.25, -0.2) is 0 Å². The van der Waals surface area contributed by atoms with E-state index in [9.17, 15) is 4.79 Å². The number of hydrogen-bond acceptors (Lipinski definition) is 8. The van der Waals surface area contributed by atoms with Crippen LogP contribution in [-0.2, 0) is 9.53 Å². The number of hydrogen-bond donors (Lipinski definition) is 1. The molecule has 0 spiro atoms. The Labute approximate surface area is 209 Å². The highest BCUT2D eigenvalue weighted by molar-refractivity contribution is 5.88. The lowest BCUT2D eigenvalue weighted by atomic mass is 10.1. The van der Waals surface area contributed by atoms with Gasteiger partial charge in [0, 0.05) is 41.7 Å². The van der Waals surface area contributed by atoms with Crippen molar-refractivity contribution < 1.29 is 23.7 Å². The van der Waals surface area contributed by atoms with E-state index in [-0.39, 0.29) is 18.7 Å². The molecule has 0 unspecified atom stereocenters. The molecule has 36 heavy (non-hydrogen) atoms. The van der Waals surface area contributed by atoms with Gasteiger partial charge in [0.1, 0.15) is 23.6 Å². The maximum atomic E-state index is 12.2. The second-order valence-electron chi connectivity index (χ2n) is 8.88. The van der Waals surface area contributed by atoms with Gasteiger partial charge in [-0.3, -0.25) is 14.8 Å². The van der Waals surface area contributed by atoms with Gasteiger partial charge in [-0.15, -0.1) is 0 Å². The third kappa shape index (κ3) is 5.33. The van der Waals surface area contributed by atoms with Crippen LogP contribution in [0.2, 0.25) is 0 Å².